The predicted molar refractivity (Wildman–Crippen MR) is 172 cm³/mol. The summed E-state index contributed by atoms with van der Waals surface area (Å²) in [6, 6.07) is 3.74. The number of phenolic OH excluding ortho intramolecular Hbond substituents is 1. The van der Waals surface area contributed by atoms with Crippen molar-refractivity contribution in [3.8, 4) is 17.2 Å². The summed E-state index contributed by atoms with van der Waals surface area (Å²) in [5.41, 5.74) is 0.803. The van der Waals surface area contributed by atoms with Gasteiger partial charge < -0.3 is 14.6 Å². The molecule has 0 heterocycles. The van der Waals surface area contributed by atoms with Gasteiger partial charge in [0.15, 0.2) is 11.5 Å². The van der Waals surface area contributed by atoms with Crippen molar-refractivity contribution < 1.29 is 14.6 Å². The first kappa shape index (κ1) is 35.3. The van der Waals surface area contributed by atoms with E-state index in [1.807, 2.05) is 30.8 Å². The van der Waals surface area contributed by atoms with Crippen LogP contribution in [0.3, 0.4) is 0 Å². The molecule has 0 saturated carbocycles. The third-order valence-corrected chi connectivity index (χ3v) is 8.85. The first-order valence-corrected chi connectivity index (χ1v) is 18.2. The van der Waals surface area contributed by atoms with E-state index in [0.717, 1.165) is 22.8 Å². The highest BCUT2D eigenvalue weighted by Crippen LogP contribution is 2.35. The molecule has 1 N–H and O–H groups in total. The summed E-state index contributed by atoms with van der Waals surface area (Å²) in [7, 11) is 0. The molecular formula is C33H60O3S2. The van der Waals surface area contributed by atoms with Gasteiger partial charge >= 0.3 is 0 Å². The van der Waals surface area contributed by atoms with Crippen LogP contribution in [0.4, 0.5) is 0 Å². The first-order valence-electron chi connectivity index (χ1n) is 15.9. The maximum atomic E-state index is 10.4. The minimum atomic E-state index is 0.231. The smallest absolute Gasteiger partial charge is 0.166 e. The van der Waals surface area contributed by atoms with Crippen LogP contribution in [0.5, 0.6) is 17.2 Å². The maximum Gasteiger partial charge on any atom is 0.166 e. The fourth-order valence-corrected chi connectivity index (χ4v) is 6.11. The Hall–Kier alpha value is -0.680. The summed E-state index contributed by atoms with van der Waals surface area (Å²) in [4.78, 5) is 0. The molecule has 1 rings (SSSR count). The van der Waals surface area contributed by atoms with E-state index in [-0.39, 0.29) is 5.75 Å². The summed E-state index contributed by atoms with van der Waals surface area (Å²) < 4.78 is 11.9. The molecule has 0 saturated heterocycles. The van der Waals surface area contributed by atoms with Crippen LogP contribution in [0.25, 0.3) is 0 Å². The van der Waals surface area contributed by atoms with Gasteiger partial charge in [0.05, 0.1) is 0 Å². The molecule has 0 amide bonds. The van der Waals surface area contributed by atoms with Crippen molar-refractivity contribution in [2.24, 2.45) is 0 Å². The number of benzene rings is 1. The van der Waals surface area contributed by atoms with Gasteiger partial charge in [-0.15, -0.1) is 23.5 Å². The number of hydrogen-bond donors (Lipinski definition) is 1. The van der Waals surface area contributed by atoms with Crippen molar-refractivity contribution in [3.05, 3.63) is 17.7 Å². The highest BCUT2D eigenvalue weighted by molar-refractivity contribution is 7.99. The molecule has 3 nitrogen and oxygen atoms in total. The van der Waals surface area contributed by atoms with Crippen LogP contribution >= 0.6 is 23.5 Å². The minimum absolute atomic E-state index is 0.231. The van der Waals surface area contributed by atoms with Gasteiger partial charge in [0, 0.05) is 6.07 Å². The molecule has 0 aliphatic heterocycles. The zero-order chi connectivity index (χ0) is 27.5. The van der Waals surface area contributed by atoms with E-state index in [2.05, 4.69) is 13.8 Å². The number of phenols is 1. The Balaban J connectivity index is 2.05. The highest BCUT2D eigenvalue weighted by atomic mass is 32.2. The van der Waals surface area contributed by atoms with Crippen molar-refractivity contribution >= 4 is 23.5 Å². The van der Waals surface area contributed by atoms with Gasteiger partial charge in [-0.3, -0.25) is 0 Å². The fraction of sp³-hybridized carbons (Fsp3) is 0.818. The number of aromatic hydroxyl groups is 1. The normalized spacial score (nSPS) is 11.2. The fourth-order valence-electron chi connectivity index (χ4n) is 4.62. The van der Waals surface area contributed by atoms with Gasteiger partial charge in [-0.05, 0) is 42.9 Å². The number of aryl methyl sites for hydroxylation is 1. The number of thioether (sulfide) groups is 2. The van der Waals surface area contributed by atoms with E-state index in [1.165, 1.54) is 128 Å². The summed E-state index contributed by atoms with van der Waals surface area (Å²) >= 11 is 3.66. The van der Waals surface area contributed by atoms with Gasteiger partial charge in [0.2, 0.25) is 0 Å². The Morgan fingerprint density at radius 1 is 0.553 bits per heavy atom. The molecule has 0 radical (unpaired) electrons. The van der Waals surface area contributed by atoms with Gasteiger partial charge in [0.1, 0.15) is 17.6 Å². The Labute approximate surface area is 245 Å². The average molecular weight is 569 g/mol. The van der Waals surface area contributed by atoms with Gasteiger partial charge in [-0.25, -0.2) is 0 Å². The number of hydrogen-bond acceptors (Lipinski definition) is 5. The molecule has 38 heavy (non-hydrogen) atoms. The van der Waals surface area contributed by atoms with Crippen LogP contribution in [0.1, 0.15) is 148 Å². The molecule has 0 unspecified atom stereocenters. The Kier molecular flexibility index (Phi) is 24.7. The molecular weight excluding hydrogens is 508 g/mol. The van der Waals surface area contributed by atoms with Crippen LogP contribution in [0.15, 0.2) is 12.1 Å². The monoisotopic (exact) mass is 568 g/mol. The SMILES string of the molecule is CCCCCCCCCCCCSCOc1cc(C)c(O)c(OCSCCCCCCCCCCCC)c1. The molecule has 0 aliphatic carbocycles. The Morgan fingerprint density at radius 2 is 0.947 bits per heavy atom. The maximum absolute atomic E-state index is 10.4. The molecule has 0 spiro atoms. The predicted octanol–water partition coefficient (Wildman–Crippen LogP) is 11.7. The molecule has 222 valence electrons. The minimum Gasteiger partial charge on any atom is -0.504 e. The molecule has 0 aliphatic rings. The van der Waals surface area contributed by atoms with Crippen LogP contribution < -0.4 is 9.47 Å². The number of unbranched alkanes of at least 4 members (excludes halogenated alkanes) is 18. The highest BCUT2D eigenvalue weighted by Gasteiger charge is 2.10. The number of ether oxygens (including phenoxy) is 2. The van der Waals surface area contributed by atoms with E-state index in [1.54, 1.807) is 11.8 Å². The second-order valence-corrected chi connectivity index (χ2v) is 12.9. The molecule has 5 heteroatoms. The Morgan fingerprint density at radius 3 is 1.39 bits per heavy atom. The lowest BCUT2D eigenvalue weighted by Gasteiger charge is -2.13. The first-order chi connectivity index (χ1) is 18.7. The van der Waals surface area contributed by atoms with Crippen LogP contribution in [-0.4, -0.2) is 28.5 Å². The lowest BCUT2D eigenvalue weighted by atomic mass is 10.1. The molecule has 1 aromatic rings. The quantitative estimate of drug-likeness (QED) is 0.0804. The van der Waals surface area contributed by atoms with Crippen molar-refractivity contribution in [1.29, 1.82) is 0 Å². The molecule has 0 aromatic heterocycles. The van der Waals surface area contributed by atoms with Gasteiger partial charge in [0.25, 0.3) is 0 Å². The summed E-state index contributed by atoms with van der Waals surface area (Å²) in [6.07, 6.45) is 27.4. The van der Waals surface area contributed by atoms with E-state index >= 15 is 0 Å². The van der Waals surface area contributed by atoms with Crippen LogP contribution in [-0.2, 0) is 0 Å². The van der Waals surface area contributed by atoms with E-state index in [9.17, 15) is 5.11 Å². The molecule has 0 atom stereocenters. The number of rotatable bonds is 28. The van der Waals surface area contributed by atoms with E-state index < -0.39 is 0 Å². The largest absolute Gasteiger partial charge is 0.504 e. The van der Waals surface area contributed by atoms with Crippen molar-refractivity contribution in [1.82, 2.24) is 0 Å². The summed E-state index contributed by atoms with van der Waals surface area (Å²) in [6.45, 7) is 6.46. The zero-order valence-electron chi connectivity index (χ0n) is 25.2. The van der Waals surface area contributed by atoms with Crippen molar-refractivity contribution in [2.75, 3.05) is 23.4 Å². The van der Waals surface area contributed by atoms with E-state index in [4.69, 9.17) is 9.47 Å². The third kappa shape index (κ3) is 20.3. The topological polar surface area (TPSA) is 38.7 Å². The third-order valence-electron chi connectivity index (χ3n) is 7.13. The van der Waals surface area contributed by atoms with Crippen molar-refractivity contribution in [3.63, 3.8) is 0 Å². The average Bonchev–Trinajstić information content (AvgIpc) is 2.92. The second-order valence-electron chi connectivity index (χ2n) is 10.8. The molecule has 0 bridgehead atoms. The molecule has 1 aromatic carbocycles. The van der Waals surface area contributed by atoms with Crippen molar-refractivity contribution in [2.45, 2.75) is 149 Å². The lowest BCUT2D eigenvalue weighted by Crippen LogP contribution is -1.99. The lowest BCUT2D eigenvalue weighted by molar-refractivity contribution is 0.347. The second kappa shape index (κ2) is 26.5. The van der Waals surface area contributed by atoms with E-state index in [0.29, 0.717) is 17.6 Å². The van der Waals surface area contributed by atoms with Crippen LogP contribution in [0, 0.1) is 6.92 Å². The van der Waals surface area contributed by atoms with Gasteiger partial charge in [-0.1, -0.05) is 129 Å². The van der Waals surface area contributed by atoms with Crippen LogP contribution in [0.2, 0.25) is 0 Å². The standard InChI is InChI=1S/C33H60O3S2/c1-4-6-8-10-12-14-16-18-20-22-24-37-28-35-31-26-30(3)33(34)32(27-31)36-29-38-25-23-21-19-17-15-13-11-9-7-5-2/h26-27,34H,4-25,28-29H2,1-3H3. The molecule has 0 fully saturated rings. The summed E-state index contributed by atoms with van der Waals surface area (Å²) in [5, 5.41) is 10.4. The zero-order valence-corrected chi connectivity index (χ0v) is 26.8. The Bertz CT molecular complexity index is 653. The summed E-state index contributed by atoms with van der Waals surface area (Å²) in [5.74, 6) is 5.03. The van der Waals surface area contributed by atoms with Gasteiger partial charge in [-0.2, -0.15) is 0 Å².